The highest BCUT2D eigenvalue weighted by Gasteiger charge is 2.15. The molecule has 1 heterocycles. The Morgan fingerprint density at radius 3 is 2.64 bits per heavy atom. The predicted octanol–water partition coefficient (Wildman–Crippen LogP) is 2.19. The molecule has 0 aliphatic rings. The van der Waals surface area contributed by atoms with E-state index in [1.165, 1.54) is 12.4 Å². The lowest BCUT2D eigenvalue weighted by Crippen LogP contribution is -2.14. The van der Waals surface area contributed by atoms with Crippen molar-refractivity contribution in [2.45, 2.75) is 25.5 Å². The van der Waals surface area contributed by atoms with Crippen molar-refractivity contribution in [3.8, 4) is 0 Å². The first-order valence-electron chi connectivity index (χ1n) is 4.42. The molecule has 0 saturated heterocycles. The van der Waals surface area contributed by atoms with Gasteiger partial charge in [-0.05, 0) is 0 Å². The summed E-state index contributed by atoms with van der Waals surface area (Å²) in [6.07, 6.45) is 4.61. The van der Waals surface area contributed by atoms with Crippen LogP contribution in [0.2, 0.25) is 0 Å². The lowest BCUT2D eigenvalue weighted by Gasteiger charge is -2.16. The fraction of sp³-hybridized carbons (Fsp3) is 0.500. The first kappa shape index (κ1) is 11.2. The molecule has 0 saturated carbocycles. The molecule has 0 N–H and O–H groups in total. The molecule has 0 aromatic carbocycles. The summed E-state index contributed by atoms with van der Waals surface area (Å²) < 4.78 is 0.109. The van der Waals surface area contributed by atoms with Crippen LogP contribution in [0.1, 0.15) is 31.3 Å². The molecule has 3 nitrogen and oxygen atoms in total. The van der Waals surface area contributed by atoms with Crippen molar-refractivity contribution < 1.29 is 4.79 Å². The van der Waals surface area contributed by atoms with E-state index in [1.807, 2.05) is 0 Å². The minimum atomic E-state index is 0.0398. The third-order valence-electron chi connectivity index (χ3n) is 1.49. The minimum absolute atomic E-state index is 0.0398. The number of Topliss-reactive ketones (excluding diaryl/α,β-unsaturated/α-hetero) is 1. The molecule has 4 heteroatoms. The molecule has 0 fully saturated rings. The zero-order valence-electron chi connectivity index (χ0n) is 8.65. The Morgan fingerprint density at radius 2 is 2.14 bits per heavy atom. The van der Waals surface area contributed by atoms with Crippen molar-refractivity contribution in [2.75, 3.05) is 5.75 Å². The van der Waals surface area contributed by atoms with Crippen molar-refractivity contribution >= 4 is 17.5 Å². The Kier molecular flexibility index (Phi) is 3.63. The van der Waals surface area contributed by atoms with E-state index in [-0.39, 0.29) is 10.5 Å². The first-order valence-corrected chi connectivity index (χ1v) is 5.41. The van der Waals surface area contributed by atoms with Gasteiger partial charge in [-0.25, -0.2) is 4.98 Å². The zero-order valence-corrected chi connectivity index (χ0v) is 9.47. The van der Waals surface area contributed by atoms with Crippen LogP contribution in [0.3, 0.4) is 0 Å². The van der Waals surface area contributed by atoms with Gasteiger partial charge in [-0.1, -0.05) is 20.8 Å². The van der Waals surface area contributed by atoms with Gasteiger partial charge in [0.2, 0.25) is 0 Å². The SMILES string of the molecule is CC(C)(C)SCC(=O)c1cnccn1. The highest BCUT2D eigenvalue weighted by atomic mass is 32.2. The molecule has 0 bridgehead atoms. The smallest absolute Gasteiger partial charge is 0.192 e. The van der Waals surface area contributed by atoms with Crippen molar-refractivity contribution in [2.24, 2.45) is 0 Å². The quantitative estimate of drug-likeness (QED) is 0.717. The molecule has 0 aliphatic carbocycles. The molecular formula is C10H14N2OS. The fourth-order valence-electron chi connectivity index (χ4n) is 0.799. The summed E-state index contributed by atoms with van der Waals surface area (Å²) in [6.45, 7) is 6.25. The summed E-state index contributed by atoms with van der Waals surface area (Å²) in [5.74, 6) is 0.500. The lowest BCUT2D eigenvalue weighted by atomic mass is 10.3. The van der Waals surface area contributed by atoms with Crippen LogP contribution in [-0.2, 0) is 0 Å². The molecule has 14 heavy (non-hydrogen) atoms. The van der Waals surface area contributed by atoms with E-state index in [0.29, 0.717) is 11.4 Å². The molecule has 0 aliphatic heterocycles. The summed E-state index contributed by atoms with van der Waals surface area (Å²) in [4.78, 5) is 19.4. The highest BCUT2D eigenvalue weighted by molar-refractivity contribution is 8.01. The summed E-state index contributed by atoms with van der Waals surface area (Å²) >= 11 is 1.62. The monoisotopic (exact) mass is 210 g/mol. The number of thioether (sulfide) groups is 1. The topological polar surface area (TPSA) is 42.9 Å². The van der Waals surface area contributed by atoms with Gasteiger partial charge in [-0.2, -0.15) is 0 Å². The minimum Gasteiger partial charge on any atom is -0.291 e. The number of aromatic nitrogens is 2. The van der Waals surface area contributed by atoms with E-state index in [0.717, 1.165) is 0 Å². The second-order valence-corrected chi connectivity index (χ2v) is 5.72. The van der Waals surface area contributed by atoms with Gasteiger partial charge in [-0.15, -0.1) is 11.8 Å². The molecule has 0 amide bonds. The molecule has 0 atom stereocenters. The maximum atomic E-state index is 11.6. The average molecular weight is 210 g/mol. The largest absolute Gasteiger partial charge is 0.291 e. The van der Waals surface area contributed by atoms with Gasteiger partial charge in [-0.3, -0.25) is 9.78 Å². The van der Waals surface area contributed by atoms with E-state index in [1.54, 1.807) is 18.0 Å². The van der Waals surface area contributed by atoms with Gasteiger partial charge in [0.15, 0.2) is 5.78 Å². The van der Waals surface area contributed by atoms with Crippen LogP contribution in [0.15, 0.2) is 18.6 Å². The maximum absolute atomic E-state index is 11.6. The third kappa shape index (κ3) is 3.87. The first-order chi connectivity index (χ1) is 6.49. The Hall–Kier alpha value is -0.900. The Balaban J connectivity index is 2.52. The van der Waals surface area contributed by atoms with Gasteiger partial charge in [0.05, 0.1) is 11.9 Å². The van der Waals surface area contributed by atoms with E-state index in [2.05, 4.69) is 30.7 Å². The number of hydrogen-bond acceptors (Lipinski definition) is 4. The molecule has 1 aromatic rings. The van der Waals surface area contributed by atoms with Gasteiger partial charge >= 0.3 is 0 Å². The van der Waals surface area contributed by atoms with Crippen molar-refractivity contribution in [1.29, 1.82) is 0 Å². The summed E-state index contributed by atoms with van der Waals surface area (Å²) in [7, 11) is 0. The lowest BCUT2D eigenvalue weighted by molar-refractivity contribution is 0.101. The van der Waals surface area contributed by atoms with Crippen molar-refractivity contribution in [1.82, 2.24) is 9.97 Å². The number of ketones is 1. The zero-order chi connectivity index (χ0) is 10.6. The number of nitrogens with zero attached hydrogens (tertiary/aromatic N) is 2. The van der Waals surface area contributed by atoms with Crippen LogP contribution in [0.25, 0.3) is 0 Å². The average Bonchev–Trinajstić information content (AvgIpc) is 2.14. The van der Waals surface area contributed by atoms with Crippen LogP contribution in [-0.4, -0.2) is 26.3 Å². The fourth-order valence-corrected chi connectivity index (χ4v) is 1.51. The Bertz CT molecular complexity index is 306. The normalized spacial score (nSPS) is 11.4. The van der Waals surface area contributed by atoms with Gasteiger partial charge in [0, 0.05) is 17.1 Å². The Labute approximate surface area is 88.3 Å². The number of carbonyl (C=O) groups excluding carboxylic acids is 1. The molecule has 0 radical (unpaired) electrons. The molecule has 1 aromatic heterocycles. The summed E-state index contributed by atoms with van der Waals surface area (Å²) in [5, 5.41) is 0. The maximum Gasteiger partial charge on any atom is 0.192 e. The van der Waals surface area contributed by atoms with Gasteiger partial charge < -0.3 is 0 Å². The van der Waals surface area contributed by atoms with Crippen LogP contribution >= 0.6 is 11.8 Å². The molecule has 76 valence electrons. The molecule has 0 spiro atoms. The van der Waals surface area contributed by atoms with Crippen LogP contribution in [0.5, 0.6) is 0 Å². The van der Waals surface area contributed by atoms with E-state index in [9.17, 15) is 4.79 Å². The molecule has 1 rings (SSSR count). The summed E-state index contributed by atoms with van der Waals surface area (Å²) in [5.41, 5.74) is 0.448. The second kappa shape index (κ2) is 4.55. The number of rotatable bonds is 3. The van der Waals surface area contributed by atoms with Crippen LogP contribution in [0.4, 0.5) is 0 Å². The van der Waals surface area contributed by atoms with E-state index in [4.69, 9.17) is 0 Å². The third-order valence-corrected chi connectivity index (χ3v) is 2.76. The van der Waals surface area contributed by atoms with E-state index >= 15 is 0 Å². The standard InChI is InChI=1S/C10H14N2OS/c1-10(2,3)14-7-9(13)8-6-11-4-5-12-8/h4-6H,7H2,1-3H3. The number of hydrogen-bond donors (Lipinski definition) is 0. The van der Waals surface area contributed by atoms with Crippen LogP contribution < -0.4 is 0 Å². The second-order valence-electron chi connectivity index (χ2n) is 3.91. The van der Waals surface area contributed by atoms with Crippen LogP contribution in [0, 0.1) is 0 Å². The predicted molar refractivity (Wildman–Crippen MR) is 58.6 cm³/mol. The van der Waals surface area contributed by atoms with Gasteiger partial charge in [0.1, 0.15) is 5.69 Å². The highest BCUT2D eigenvalue weighted by Crippen LogP contribution is 2.23. The van der Waals surface area contributed by atoms with E-state index < -0.39 is 0 Å². The van der Waals surface area contributed by atoms with Crippen molar-refractivity contribution in [3.05, 3.63) is 24.3 Å². The Morgan fingerprint density at radius 1 is 1.43 bits per heavy atom. The molecular weight excluding hydrogens is 196 g/mol. The summed E-state index contributed by atoms with van der Waals surface area (Å²) in [6, 6.07) is 0. The van der Waals surface area contributed by atoms with Crippen molar-refractivity contribution in [3.63, 3.8) is 0 Å². The van der Waals surface area contributed by atoms with Gasteiger partial charge in [0.25, 0.3) is 0 Å². The number of carbonyl (C=O) groups is 1. The molecule has 0 unspecified atom stereocenters.